The Morgan fingerprint density at radius 2 is 2.10 bits per heavy atom. The van der Waals surface area contributed by atoms with Crippen molar-refractivity contribution in [3.63, 3.8) is 0 Å². The Balaban J connectivity index is 2.70. The molecule has 0 aliphatic heterocycles. The molecule has 0 aliphatic rings. The highest BCUT2D eigenvalue weighted by atomic mass is 35.5. The predicted octanol–water partition coefficient (Wildman–Crippen LogP) is 2.28. The second kappa shape index (κ2) is 6.02. The molecule has 8 heteroatoms. The summed E-state index contributed by atoms with van der Waals surface area (Å²) in [6.45, 7) is 10.7. The zero-order valence-electron chi connectivity index (χ0n) is 10.3. The second-order valence-electron chi connectivity index (χ2n) is 3.78. The first-order chi connectivity index (χ1) is 9.96. The molecule has 0 atom stereocenters. The van der Waals surface area contributed by atoms with Crippen molar-refractivity contribution in [2.24, 2.45) is 4.99 Å². The van der Waals surface area contributed by atoms with Crippen molar-refractivity contribution in [2.75, 3.05) is 0 Å². The Hall–Kier alpha value is -2.25. The van der Waals surface area contributed by atoms with E-state index in [9.17, 15) is 5.11 Å². The van der Waals surface area contributed by atoms with Crippen LogP contribution in [0.2, 0.25) is 10.0 Å². The van der Waals surface area contributed by atoms with E-state index in [4.69, 9.17) is 35.0 Å². The van der Waals surface area contributed by atoms with Crippen LogP contribution in [0.3, 0.4) is 0 Å². The number of nitriles is 1. The van der Waals surface area contributed by atoms with Crippen molar-refractivity contribution in [3.05, 3.63) is 48.3 Å². The number of H-pyrrole nitrogens is 1. The molecule has 0 amide bonds. The summed E-state index contributed by atoms with van der Waals surface area (Å²) in [5.74, 6) is -0.210. The molecule has 104 valence electrons. The second-order valence-corrected chi connectivity index (χ2v) is 5.60. The zero-order valence-corrected chi connectivity index (χ0v) is 12.6. The van der Waals surface area contributed by atoms with Gasteiger partial charge in [0.2, 0.25) is 0 Å². The maximum absolute atomic E-state index is 9.50. The summed E-state index contributed by atoms with van der Waals surface area (Å²) in [7, 11) is 0. The van der Waals surface area contributed by atoms with Crippen LogP contribution < -0.4 is 14.7 Å². The van der Waals surface area contributed by atoms with Gasteiger partial charge in [-0.05, 0) is 12.1 Å². The van der Waals surface area contributed by atoms with Gasteiger partial charge in [-0.25, -0.2) is 15.1 Å². The lowest BCUT2D eigenvalue weighted by Crippen LogP contribution is -2.19. The number of nitrogens with one attached hydrogen (secondary N) is 1. The van der Waals surface area contributed by atoms with Gasteiger partial charge >= 0.3 is 0 Å². The van der Waals surface area contributed by atoms with E-state index in [1.54, 1.807) is 6.07 Å². The number of thiazole rings is 1. The summed E-state index contributed by atoms with van der Waals surface area (Å²) in [5.41, 5.74) is 0.365. The predicted molar refractivity (Wildman–Crippen MR) is 82.4 cm³/mol. The molecular weight excluding hydrogens is 331 g/mol. The highest BCUT2D eigenvalue weighted by Crippen LogP contribution is 2.35. The number of benzene rings is 1. The van der Waals surface area contributed by atoms with Crippen LogP contribution >= 0.6 is 34.5 Å². The first-order valence-electron chi connectivity index (χ1n) is 5.39. The Morgan fingerprint density at radius 1 is 1.48 bits per heavy atom. The average molecular weight is 337 g/mol. The molecule has 0 bridgehead atoms. The van der Waals surface area contributed by atoms with Crippen LogP contribution in [0, 0.1) is 17.9 Å². The fourth-order valence-electron chi connectivity index (χ4n) is 1.43. The molecule has 0 saturated carbocycles. The Bertz CT molecular complexity index is 936. The molecule has 0 fully saturated rings. The van der Waals surface area contributed by atoms with Gasteiger partial charge in [0.1, 0.15) is 9.33 Å². The largest absolute Gasteiger partial charge is 0.505 e. The number of phenols is 1. The van der Waals surface area contributed by atoms with Crippen molar-refractivity contribution in [1.29, 1.82) is 5.26 Å². The number of aromatic nitrogens is 1. The minimum absolute atomic E-state index is 0.0619. The summed E-state index contributed by atoms with van der Waals surface area (Å²) in [4.78, 5) is 10.2. The van der Waals surface area contributed by atoms with Gasteiger partial charge in [-0.2, -0.15) is 0 Å². The van der Waals surface area contributed by atoms with E-state index in [2.05, 4.69) is 21.4 Å². The van der Waals surface area contributed by atoms with Gasteiger partial charge in [0.05, 0.1) is 33.7 Å². The van der Waals surface area contributed by atoms with Crippen LogP contribution in [-0.4, -0.2) is 10.1 Å². The van der Waals surface area contributed by atoms with Crippen molar-refractivity contribution in [1.82, 2.24) is 4.98 Å². The Kier molecular flexibility index (Phi) is 4.35. The van der Waals surface area contributed by atoms with Crippen molar-refractivity contribution < 1.29 is 5.11 Å². The molecular formula is C13H6Cl2N4OS. The molecule has 0 saturated heterocycles. The number of aromatic amines is 1. The summed E-state index contributed by atoms with van der Waals surface area (Å²) in [5, 5.41) is 19.0. The highest BCUT2D eigenvalue weighted by Gasteiger charge is 2.06. The first-order valence-corrected chi connectivity index (χ1v) is 6.96. The van der Waals surface area contributed by atoms with Crippen LogP contribution in [0.15, 0.2) is 17.1 Å². The molecule has 0 unspecified atom stereocenters. The molecule has 2 rings (SSSR count). The van der Waals surface area contributed by atoms with Gasteiger partial charge in [0.15, 0.2) is 5.75 Å². The van der Waals surface area contributed by atoms with E-state index >= 15 is 0 Å². The summed E-state index contributed by atoms with van der Waals surface area (Å²) >= 11 is 12.8. The number of nitrogens with zero attached hydrogens (tertiary/aromatic N) is 3. The van der Waals surface area contributed by atoms with Gasteiger partial charge in [-0.3, -0.25) is 0 Å². The zero-order chi connectivity index (χ0) is 15.6. The van der Waals surface area contributed by atoms with Crippen molar-refractivity contribution in [2.45, 2.75) is 0 Å². The van der Waals surface area contributed by atoms with Gasteiger partial charge in [-0.1, -0.05) is 29.8 Å². The fraction of sp³-hybridized carbons (Fsp3) is 0. The number of rotatable bonds is 1. The quantitative estimate of drug-likeness (QED) is 0.784. The van der Waals surface area contributed by atoms with E-state index < -0.39 is 0 Å². The maximum Gasteiger partial charge on any atom is 0.294 e. The highest BCUT2D eigenvalue weighted by molar-refractivity contribution is 7.07. The van der Waals surface area contributed by atoms with Crippen LogP contribution in [0.4, 0.5) is 5.69 Å². The molecule has 5 nitrogen and oxygen atoms in total. The van der Waals surface area contributed by atoms with Gasteiger partial charge in [-0.15, -0.1) is 11.3 Å². The molecule has 1 heterocycles. The SMILES string of the molecule is [C-]#[N+]C(C#N)=c1[nH]c(=C)c(=Nc2cc(Cl)c(O)c(Cl)c2)s1. The minimum Gasteiger partial charge on any atom is -0.505 e. The van der Waals surface area contributed by atoms with Crippen molar-refractivity contribution >= 4 is 52.5 Å². The van der Waals surface area contributed by atoms with E-state index in [0.29, 0.717) is 20.4 Å². The molecule has 21 heavy (non-hydrogen) atoms. The smallest absolute Gasteiger partial charge is 0.294 e. The summed E-state index contributed by atoms with van der Waals surface area (Å²) < 4.78 is 0.867. The lowest BCUT2D eigenvalue weighted by molar-refractivity contribution is 0.476. The van der Waals surface area contributed by atoms with Crippen LogP contribution in [-0.2, 0) is 0 Å². The number of aromatic hydroxyl groups is 1. The van der Waals surface area contributed by atoms with E-state index in [0.717, 1.165) is 11.3 Å². The van der Waals surface area contributed by atoms with Crippen LogP contribution in [0.1, 0.15) is 0 Å². The first kappa shape index (κ1) is 15.1. The molecule has 0 radical (unpaired) electrons. The molecule has 0 spiro atoms. The number of hydrogen-bond acceptors (Lipinski definition) is 4. The van der Waals surface area contributed by atoms with Crippen molar-refractivity contribution in [3.8, 4) is 11.8 Å². The molecule has 1 aromatic carbocycles. The van der Waals surface area contributed by atoms with Gasteiger partial charge in [0.25, 0.3) is 5.70 Å². The van der Waals surface area contributed by atoms with Gasteiger partial charge < -0.3 is 10.1 Å². The number of phenolic OH excluding ortho intramolecular Hbond substituents is 1. The molecule has 1 aromatic heterocycles. The van der Waals surface area contributed by atoms with E-state index in [1.165, 1.54) is 12.1 Å². The summed E-state index contributed by atoms with van der Waals surface area (Å²) in [6.07, 6.45) is 0. The number of hydrogen-bond donors (Lipinski definition) is 2. The van der Waals surface area contributed by atoms with E-state index in [1.807, 2.05) is 0 Å². The third-order valence-electron chi connectivity index (χ3n) is 2.39. The average Bonchev–Trinajstić information content (AvgIpc) is 2.78. The molecule has 0 aliphatic carbocycles. The Morgan fingerprint density at radius 3 is 2.62 bits per heavy atom. The number of halogens is 2. The molecule has 2 N–H and O–H groups in total. The summed E-state index contributed by atoms with van der Waals surface area (Å²) in [6, 6.07) is 4.69. The monoisotopic (exact) mass is 336 g/mol. The van der Waals surface area contributed by atoms with Gasteiger partial charge in [0, 0.05) is 0 Å². The Labute approximate surface area is 133 Å². The fourth-order valence-corrected chi connectivity index (χ4v) is 2.79. The van der Waals surface area contributed by atoms with Crippen LogP contribution in [0.25, 0.3) is 17.1 Å². The standard InChI is InChI=1S/C13H6Cl2N4OS/c1-6-12(21-13(18-6)10(5-16)17-2)19-7-3-8(14)11(20)9(15)4-7/h3-4,18,20H,1H2. The topological polar surface area (TPSA) is 76.5 Å². The third kappa shape index (κ3) is 3.09. The van der Waals surface area contributed by atoms with Crippen LogP contribution in [0.5, 0.6) is 5.75 Å². The normalized spacial score (nSPS) is 12.7. The minimum atomic E-state index is -0.210. The third-order valence-corrected chi connectivity index (χ3v) is 3.99. The molecule has 2 aromatic rings. The maximum atomic E-state index is 9.50. The lowest BCUT2D eigenvalue weighted by atomic mass is 10.3. The van der Waals surface area contributed by atoms with E-state index in [-0.39, 0.29) is 21.5 Å². The lowest BCUT2D eigenvalue weighted by Gasteiger charge is -2.00.